The van der Waals surface area contributed by atoms with Gasteiger partial charge < -0.3 is 0 Å². The molecule has 1 fully saturated rings. The molecule has 0 atom stereocenters. The molecule has 1 heterocycles. The van der Waals surface area contributed by atoms with Gasteiger partial charge in [-0.15, -0.1) is 0 Å². The maximum atomic E-state index is 4.62. The number of aromatic nitrogens is 2. The molecule has 0 spiro atoms. The summed E-state index contributed by atoms with van der Waals surface area (Å²) in [6.45, 7) is 2.09. The van der Waals surface area contributed by atoms with Crippen molar-refractivity contribution in [3.8, 4) is 0 Å². The molecule has 0 radical (unpaired) electrons. The van der Waals surface area contributed by atoms with Crippen LogP contribution in [0, 0.1) is 6.92 Å². The maximum absolute atomic E-state index is 4.62. The van der Waals surface area contributed by atoms with Crippen molar-refractivity contribution in [1.82, 2.24) is 9.97 Å². The number of fused-ring (bicyclic) bond motifs is 1. The molecule has 1 aliphatic carbocycles. The van der Waals surface area contributed by atoms with Crippen LogP contribution in [0.1, 0.15) is 30.1 Å². The molecule has 0 aliphatic heterocycles. The highest BCUT2D eigenvalue weighted by Gasteiger charge is 2.27. The van der Waals surface area contributed by atoms with Crippen LogP contribution in [0.4, 0.5) is 0 Å². The van der Waals surface area contributed by atoms with Crippen LogP contribution in [0.25, 0.3) is 10.9 Å². The molecule has 0 N–H and O–H groups in total. The zero-order valence-corrected chi connectivity index (χ0v) is 10.1. The lowest BCUT2D eigenvalue weighted by atomic mass is 10.1. The third-order valence-electron chi connectivity index (χ3n) is 2.85. The van der Waals surface area contributed by atoms with E-state index >= 15 is 0 Å². The van der Waals surface area contributed by atoms with Crippen LogP contribution in [-0.2, 0) is 0 Å². The molecule has 2 aromatic rings. The second-order valence-electron chi connectivity index (χ2n) is 4.12. The van der Waals surface area contributed by atoms with Crippen LogP contribution >= 0.6 is 15.9 Å². The second kappa shape index (κ2) is 3.27. The number of benzene rings is 1. The average Bonchev–Trinajstić information content (AvgIpc) is 3.00. The third kappa shape index (κ3) is 1.55. The first-order chi connectivity index (χ1) is 7.25. The van der Waals surface area contributed by atoms with Crippen molar-refractivity contribution in [2.75, 3.05) is 0 Å². The summed E-state index contributed by atoms with van der Waals surface area (Å²) >= 11 is 3.54. The van der Waals surface area contributed by atoms with Gasteiger partial charge in [-0.3, -0.25) is 0 Å². The van der Waals surface area contributed by atoms with Crippen molar-refractivity contribution in [2.45, 2.75) is 25.7 Å². The molecule has 1 aromatic heterocycles. The normalized spacial score (nSPS) is 15.9. The van der Waals surface area contributed by atoms with Gasteiger partial charge in [0.1, 0.15) is 10.4 Å². The van der Waals surface area contributed by atoms with E-state index in [1.165, 1.54) is 18.4 Å². The molecule has 0 bridgehead atoms. The minimum atomic E-state index is 0.603. The Morgan fingerprint density at radius 2 is 2.07 bits per heavy atom. The Labute approximate surface area is 96.9 Å². The van der Waals surface area contributed by atoms with Crippen LogP contribution in [0.3, 0.4) is 0 Å². The van der Waals surface area contributed by atoms with Crippen LogP contribution in [0.2, 0.25) is 0 Å². The van der Waals surface area contributed by atoms with E-state index in [0.29, 0.717) is 5.92 Å². The molecule has 0 unspecified atom stereocenters. The van der Waals surface area contributed by atoms with Gasteiger partial charge in [-0.05, 0) is 47.3 Å². The molecule has 2 nitrogen and oxygen atoms in total. The molecule has 0 amide bonds. The molecule has 1 aliphatic rings. The van der Waals surface area contributed by atoms with E-state index in [-0.39, 0.29) is 0 Å². The highest BCUT2D eigenvalue weighted by molar-refractivity contribution is 9.10. The largest absolute Gasteiger partial charge is 0.233 e. The minimum Gasteiger partial charge on any atom is -0.233 e. The summed E-state index contributed by atoms with van der Waals surface area (Å²) in [4.78, 5) is 9.15. The molecule has 1 aromatic carbocycles. The minimum absolute atomic E-state index is 0.603. The van der Waals surface area contributed by atoms with Crippen molar-refractivity contribution in [1.29, 1.82) is 0 Å². The summed E-state index contributed by atoms with van der Waals surface area (Å²) in [6, 6.07) is 6.20. The van der Waals surface area contributed by atoms with Crippen molar-refractivity contribution in [2.24, 2.45) is 0 Å². The van der Waals surface area contributed by atoms with Gasteiger partial charge in [-0.1, -0.05) is 12.1 Å². The number of rotatable bonds is 1. The smallest absolute Gasteiger partial charge is 0.133 e. The number of aryl methyl sites for hydroxylation is 1. The van der Waals surface area contributed by atoms with Gasteiger partial charge in [-0.2, -0.15) is 0 Å². The van der Waals surface area contributed by atoms with Gasteiger partial charge >= 0.3 is 0 Å². The fourth-order valence-electron chi connectivity index (χ4n) is 1.84. The monoisotopic (exact) mass is 262 g/mol. The first-order valence-corrected chi connectivity index (χ1v) is 5.98. The lowest BCUT2D eigenvalue weighted by molar-refractivity contribution is 0.937. The third-order valence-corrected chi connectivity index (χ3v) is 3.42. The summed E-state index contributed by atoms with van der Waals surface area (Å²) in [6.07, 6.45) is 2.48. The van der Waals surface area contributed by atoms with Crippen LogP contribution < -0.4 is 0 Å². The number of hydrogen-bond acceptors (Lipinski definition) is 2. The van der Waals surface area contributed by atoms with Crippen LogP contribution in [0.15, 0.2) is 22.8 Å². The van der Waals surface area contributed by atoms with Crippen molar-refractivity contribution >= 4 is 26.8 Å². The Bertz CT molecular complexity index is 532. The van der Waals surface area contributed by atoms with E-state index in [1.807, 2.05) is 6.07 Å². The Hall–Kier alpha value is -0.960. The van der Waals surface area contributed by atoms with E-state index in [4.69, 9.17) is 0 Å². The Morgan fingerprint density at radius 1 is 1.27 bits per heavy atom. The molecule has 3 rings (SSSR count). The molecule has 15 heavy (non-hydrogen) atoms. The zero-order chi connectivity index (χ0) is 10.4. The van der Waals surface area contributed by atoms with Gasteiger partial charge in [0, 0.05) is 11.3 Å². The number of nitrogens with zero attached hydrogens (tertiary/aromatic N) is 2. The van der Waals surface area contributed by atoms with E-state index in [9.17, 15) is 0 Å². The predicted octanol–water partition coefficient (Wildman–Crippen LogP) is 3.58. The molecular weight excluding hydrogens is 252 g/mol. The molecule has 76 valence electrons. The highest BCUT2D eigenvalue weighted by atomic mass is 79.9. The van der Waals surface area contributed by atoms with Gasteiger partial charge in [0.25, 0.3) is 0 Å². The van der Waals surface area contributed by atoms with Gasteiger partial charge in [0.2, 0.25) is 0 Å². The molecule has 0 saturated heterocycles. The molecule has 3 heteroatoms. The second-order valence-corrected chi connectivity index (χ2v) is 4.87. The fourth-order valence-corrected chi connectivity index (χ4v) is 2.54. The van der Waals surface area contributed by atoms with Crippen molar-refractivity contribution in [3.63, 3.8) is 0 Å². The number of halogens is 1. The lowest BCUT2D eigenvalue weighted by Gasteiger charge is -2.05. The van der Waals surface area contributed by atoms with E-state index in [1.54, 1.807) is 0 Å². The van der Waals surface area contributed by atoms with Gasteiger partial charge in [0.15, 0.2) is 0 Å². The summed E-state index contributed by atoms with van der Waals surface area (Å²) in [5, 5.41) is 1.14. The van der Waals surface area contributed by atoms with Crippen molar-refractivity contribution in [3.05, 3.63) is 34.2 Å². The summed E-state index contributed by atoms with van der Waals surface area (Å²) in [7, 11) is 0. The SMILES string of the molecule is Cc1cccc2nc(C3CC3)nc(Br)c12. The predicted molar refractivity (Wildman–Crippen MR) is 64.0 cm³/mol. The Morgan fingerprint density at radius 3 is 2.80 bits per heavy atom. The van der Waals surface area contributed by atoms with Crippen LogP contribution in [0.5, 0.6) is 0 Å². The summed E-state index contributed by atoms with van der Waals surface area (Å²) in [5.74, 6) is 1.60. The van der Waals surface area contributed by atoms with Crippen LogP contribution in [-0.4, -0.2) is 9.97 Å². The van der Waals surface area contributed by atoms with E-state index in [0.717, 1.165) is 21.3 Å². The topological polar surface area (TPSA) is 25.8 Å². The van der Waals surface area contributed by atoms with Gasteiger partial charge in [0.05, 0.1) is 5.52 Å². The molecular formula is C12H11BrN2. The highest BCUT2D eigenvalue weighted by Crippen LogP contribution is 2.39. The van der Waals surface area contributed by atoms with E-state index in [2.05, 4.69) is 45.0 Å². The quantitative estimate of drug-likeness (QED) is 0.735. The summed E-state index contributed by atoms with van der Waals surface area (Å²) < 4.78 is 0.938. The van der Waals surface area contributed by atoms with Crippen molar-refractivity contribution < 1.29 is 0 Å². The fraction of sp³-hybridized carbons (Fsp3) is 0.333. The van der Waals surface area contributed by atoms with Gasteiger partial charge in [-0.25, -0.2) is 9.97 Å². The first kappa shape index (κ1) is 9.28. The lowest BCUT2D eigenvalue weighted by Crippen LogP contribution is -1.95. The standard InChI is InChI=1S/C12H11BrN2/c1-7-3-2-4-9-10(7)11(13)15-12(14-9)8-5-6-8/h2-4,8H,5-6H2,1H3. The summed E-state index contributed by atoms with van der Waals surface area (Å²) in [5.41, 5.74) is 2.28. The first-order valence-electron chi connectivity index (χ1n) is 5.18. The Balaban J connectivity index is 2.31. The maximum Gasteiger partial charge on any atom is 0.133 e. The number of hydrogen-bond donors (Lipinski definition) is 0. The molecule has 1 saturated carbocycles. The van der Waals surface area contributed by atoms with E-state index < -0.39 is 0 Å². The Kier molecular flexibility index (Phi) is 2.02. The zero-order valence-electron chi connectivity index (χ0n) is 8.50. The average molecular weight is 263 g/mol.